The van der Waals surface area contributed by atoms with Crippen molar-refractivity contribution in [3.63, 3.8) is 0 Å². The highest BCUT2D eigenvalue weighted by Gasteiger charge is 2.36. The fraction of sp³-hybridized carbons (Fsp3) is 0.600. The van der Waals surface area contributed by atoms with Crippen LogP contribution in [-0.2, 0) is 5.54 Å². The third-order valence-corrected chi connectivity index (χ3v) is 4.23. The van der Waals surface area contributed by atoms with E-state index in [2.05, 4.69) is 57.3 Å². The molecule has 16 heavy (non-hydrogen) atoms. The summed E-state index contributed by atoms with van der Waals surface area (Å²) in [5.74, 6) is 1.34. The van der Waals surface area contributed by atoms with Gasteiger partial charge in [0.15, 0.2) is 0 Å². The Hall–Kier alpha value is -0.820. The smallest absolute Gasteiger partial charge is 0.0432 e. The minimum absolute atomic E-state index is 0.176. The highest BCUT2D eigenvalue weighted by atomic mass is 15.0. The lowest BCUT2D eigenvalue weighted by atomic mass is 9.82. The summed E-state index contributed by atoms with van der Waals surface area (Å²) in [5, 5.41) is 3.65. The second kappa shape index (κ2) is 4.21. The molecule has 1 heterocycles. The van der Waals surface area contributed by atoms with Gasteiger partial charge in [-0.25, -0.2) is 0 Å². The molecule has 2 unspecified atom stereocenters. The van der Waals surface area contributed by atoms with Gasteiger partial charge in [-0.15, -0.1) is 0 Å². The predicted octanol–water partition coefficient (Wildman–Crippen LogP) is 3.65. The van der Waals surface area contributed by atoms with Crippen molar-refractivity contribution in [2.45, 2.75) is 45.6 Å². The van der Waals surface area contributed by atoms with Crippen LogP contribution >= 0.6 is 0 Å². The summed E-state index contributed by atoms with van der Waals surface area (Å²) in [5.41, 5.74) is 3.04. The van der Waals surface area contributed by atoms with Crippen LogP contribution < -0.4 is 5.32 Å². The fourth-order valence-electron chi connectivity index (χ4n) is 2.61. The number of benzene rings is 1. The fourth-order valence-corrected chi connectivity index (χ4v) is 2.61. The van der Waals surface area contributed by atoms with Gasteiger partial charge < -0.3 is 5.32 Å². The molecular formula is C15H23N. The van der Waals surface area contributed by atoms with Gasteiger partial charge >= 0.3 is 0 Å². The first-order valence-corrected chi connectivity index (χ1v) is 6.39. The molecule has 0 bridgehead atoms. The zero-order valence-electron chi connectivity index (χ0n) is 10.9. The van der Waals surface area contributed by atoms with Crippen LogP contribution in [0.1, 0.15) is 51.2 Å². The van der Waals surface area contributed by atoms with E-state index < -0.39 is 0 Å². The van der Waals surface area contributed by atoms with Gasteiger partial charge in [0.25, 0.3) is 0 Å². The Kier molecular flexibility index (Phi) is 3.07. The first kappa shape index (κ1) is 11.7. The molecule has 2 rings (SSSR count). The molecule has 2 atom stereocenters. The van der Waals surface area contributed by atoms with Gasteiger partial charge in [-0.3, -0.25) is 0 Å². The van der Waals surface area contributed by atoms with Crippen LogP contribution in [-0.4, -0.2) is 6.54 Å². The Balaban J connectivity index is 2.27. The second-order valence-corrected chi connectivity index (χ2v) is 5.60. The molecule has 0 radical (unpaired) electrons. The monoisotopic (exact) mass is 217 g/mol. The Morgan fingerprint density at radius 3 is 2.31 bits per heavy atom. The van der Waals surface area contributed by atoms with Gasteiger partial charge in [0.2, 0.25) is 0 Å². The zero-order chi connectivity index (χ0) is 11.8. The van der Waals surface area contributed by atoms with Crippen LogP contribution in [0.3, 0.4) is 0 Å². The van der Waals surface area contributed by atoms with Crippen molar-refractivity contribution in [2.75, 3.05) is 6.54 Å². The molecule has 0 aromatic heterocycles. The van der Waals surface area contributed by atoms with Crippen molar-refractivity contribution in [1.29, 1.82) is 0 Å². The standard InChI is InChI=1S/C15H23N/c1-11(2)13-5-7-14(8-6-13)15(4)12(3)9-10-16-15/h5-8,11-12,16H,9-10H2,1-4H3. The lowest BCUT2D eigenvalue weighted by Crippen LogP contribution is -2.37. The van der Waals surface area contributed by atoms with Crippen molar-refractivity contribution in [3.05, 3.63) is 35.4 Å². The van der Waals surface area contributed by atoms with Gasteiger partial charge in [-0.2, -0.15) is 0 Å². The van der Waals surface area contributed by atoms with Crippen molar-refractivity contribution in [3.8, 4) is 0 Å². The number of rotatable bonds is 2. The van der Waals surface area contributed by atoms with E-state index in [9.17, 15) is 0 Å². The molecule has 0 spiro atoms. The zero-order valence-corrected chi connectivity index (χ0v) is 10.9. The molecule has 1 heteroatoms. The number of hydrogen-bond acceptors (Lipinski definition) is 1. The lowest BCUT2D eigenvalue weighted by molar-refractivity contribution is 0.334. The summed E-state index contributed by atoms with van der Waals surface area (Å²) in [6, 6.07) is 9.14. The van der Waals surface area contributed by atoms with E-state index >= 15 is 0 Å². The Bertz CT molecular complexity index is 352. The number of nitrogens with one attached hydrogen (secondary N) is 1. The molecule has 1 aromatic carbocycles. The molecule has 0 aliphatic carbocycles. The summed E-state index contributed by atoms with van der Waals surface area (Å²) in [4.78, 5) is 0. The minimum atomic E-state index is 0.176. The number of hydrogen-bond donors (Lipinski definition) is 1. The Labute approximate surface area is 99.3 Å². The molecule has 1 saturated heterocycles. The van der Waals surface area contributed by atoms with Crippen LogP contribution in [0.4, 0.5) is 0 Å². The normalized spacial score (nSPS) is 29.9. The predicted molar refractivity (Wildman–Crippen MR) is 69.7 cm³/mol. The van der Waals surface area contributed by atoms with E-state index in [0.29, 0.717) is 5.92 Å². The third kappa shape index (κ3) is 1.89. The summed E-state index contributed by atoms with van der Waals surface area (Å²) in [6.45, 7) is 10.3. The Morgan fingerprint density at radius 1 is 1.25 bits per heavy atom. The van der Waals surface area contributed by atoms with Crippen LogP contribution in [0.25, 0.3) is 0 Å². The molecule has 1 N–H and O–H groups in total. The highest BCUT2D eigenvalue weighted by molar-refractivity contribution is 5.31. The average molecular weight is 217 g/mol. The molecule has 1 aliphatic heterocycles. The summed E-state index contributed by atoms with van der Waals surface area (Å²) in [7, 11) is 0. The van der Waals surface area contributed by atoms with Crippen LogP contribution in [0.5, 0.6) is 0 Å². The molecule has 0 saturated carbocycles. The van der Waals surface area contributed by atoms with Gasteiger partial charge in [-0.05, 0) is 42.9 Å². The molecule has 0 amide bonds. The molecule has 1 aliphatic rings. The van der Waals surface area contributed by atoms with Gasteiger partial charge in [0.1, 0.15) is 0 Å². The SMILES string of the molecule is CC(C)c1ccc(C2(C)NCCC2C)cc1. The average Bonchev–Trinajstić information content (AvgIpc) is 2.61. The molecule has 1 aromatic rings. The van der Waals surface area contributed by atoms with E-state index in [1.807, 2.05) is 0 Å². The maximum absolute atomic E-state index is 3.65. The topological polar surface area (TPSA) is 12.0 Å². The van der Waals surface area contributed by atoms with Gasteiger partial charge in [0, 0.05) is 5.54 Å². The Morgan fingerprint density at radius 2 is 1.88 bits per heavy atom. The molecule has 1 nitrogen and oxygen atoms in total. The van der Waals surface area contributed by atoms with Gasteiger partial charge in [-0.1, -0.05) is 45.0 Å². The van der Waals surface area contributed by atoms with E-state index in [4.69, 9.17) is 0 Å². The maximum Gasteiger partial charge on any atom is 0.0432 e. The lowest BCUT2D eigenvalue weighted by Gasteiger charge is -2.30. The first-order chi connectivity index (χ1) is 7.54. The minimum Gasteiger partial charge on any atom is -0.307 e. The highest BCUT2D eigenvalue weighted by Crippen LogP contribution is 2.35. The molecule has 88 valence electrons. The summed E-state index contributed by atoms with van der Waals surface area (Å²) in [6.07, 6.45) is 1.28. The van der Waals surface area contributed by atoms with Crippen LogP contribution in [0.15, 0.2) is 24.3 Å². The van der Waals surface area contributed by atoms with E-state index in [1.54, 1.807) is 0 Å². The van der Waals surface area contributed by atoms with Crippen molar-refractivity contribution < 1.29 is 0 Å². The van der Waals surface area contributed by atoms with Crippen molar-refractivity contribution >= 4 is 0 Å². The van der Waals surface area contributed by atoms with Crippen molar-refractivity contribution in [2.24, 2.45) is 5.92 Å². The molecule has 1 fully saturated rings. The molecular weight excluding hydrogens is 194 g/mol. The van der Waals surface area contributed by atoms with Gasteiger partial charge in [0.05, 0.1) is 0 Å². The van der Waals surface area contributed by atoms with E-state index in [-0.39, 0.29) is 5.54 Å². The van der Waals surface area contributed by atoms with E-state index in [1.165, 1.54) is 17.5 Å². The summed E-state index contributed by atoms with van der Waals surface area (Å²) < 4.78 is 0. The first-order valence-electron chi connectivity index (χ1n) is 6.39. The summed E-state index contributed by atoms with van der Waals surface area (Å²) >= 11 is 0. The third-order valence-electron chi connectivity index (χ3n) is 4.23. The van der Waals surface area contributed by atoms with Crippen LogP contribution in [0, 0.1) is 5.92 Å². The largest absolute Gasteiger partial charge is 0.307 e. The second-order valence-electron chi connectivity index (χ2n) is 5.60. The van der Waals surface area contributed by atoms with Crippen molar-refractivity contribution in [1.82, 2.24) is 5.32 Å². The maximum atomic E-state index is 3.65. The quantitative estimate of drug-likeness (QED) is 0.797. The van der Waals surface area contributed by atoms with E-state index in [0.717, 1.165) is 12.5 Å². The van der Waals surface area contributed by atoms with Crippen LogP contribution in [0.2, 0.25) is 0 Å².